The van der Waals surface area contributed by atoms with Crippen molar-refractivity contribution in [3.8, 4) is 5.75 Å². The summed E-state index contributed by atoms with van der Waals surface area (Å²) in [6, 6.07) is 4.47. The Balaban J connectivity index is 2.08. The number of nitrogens with zero attached hydrogens (tertiary/aromatic N) is 2. The Labute approximate surface area is 109 Å². The summed E-state index contributed by atoms with van der Waals surface area (Å²) in [6.07, 6.45) is 0. The summed E-state index contributed by atoms with van der Waals surface area (Å²) in [4.78, 5) is 0. The first-order valence-electron chi connectivity index (χ1n) is 5.53. The molecule has 6 heteroatoms. The zero-order chi connectivity index (χ0) is 13.0. The maximum absolute atomic E-state index is 13.3. The van der Waals surface area contributed by atoms with Gasteiger partial charge in [0.25, 0.3) is 0 Å². The molecule has 18 heavy (non-hydrogen) atoms. The van der Waals surface area contributed by atoms with Crippen LogP contribution in [0, 0.1) is 5.82 Å². The summed E-state index contributed by atoms with van der Waals surface area (Å²) < 4.78 is 22.3. The average molecular weight is 267 g/mol. The van der Waals surface area contributed by atoms with Gasteiger partial charge in [0.15, 0.2) is 0 Å². The number of methoxy groups -OCH3 is 1. The Bertz CT molecular complexity index is 504. The topological polar surface area (TPSA) is 47.0 Å². The lowest BCUT2D eigenvalue weighted by Crippen LogP contribution is -2.19. The van der Waals surface area contributed by atoms with Crippen molar-refractivity contribution in [3.05, 3.63) is 40.7 Å². The molecule has 2 rings (SSSR count). The number of hydrogen-bond donors (Lipinski definition) is 1. The Morgan fingerprint density at radius 1 is 1.50 bits per heavy atom. The number of aromatic nitrogens is 2. The van der Waals surface area contributed by atoms with Crippen LogP contribution in [0.15, 0.2) is 23.6 Å². The van der Waals surface area contributed by atoms with E-state index in [9.17, 15) is 4.39 Å². The van der Waals surface area contributed by atoms with Crippen LogP contribution in [-0.4, -0.2) is 16.7 Å². The lowest BCUT2D eigenvalue weighted by Gasteiger charge is -2.16. The molecule has 1 atom stereocenters. The van der Waals surface area contributed by atoms with E-state index in [1.165, 1.54) is 23.7 Å². The van der Waals surface area contributed by atoms with E-state index in [1.54, 1.807) is 13.2 Å². The second kappa shape index (κ2) is 5.88. The molecular formula is C12H14FN3OS. The third kappa shape index (κ3) is 3.02. The number of halogens is 1. The normalized spacial score (nSPS) is 12.4. The summed E-state index contributed by atoms with van der Waals surface area (Å²) >= 11 is 1.31. The highest BCUT2D eigenvalue weighted by Crippen LogP contribution is 2.25. The number of hydrogen-bond acceptors (Lipinski definition) is 5. The van der Waals surface area contributed by atoms with Gasteiger partial charge in [-0.05, 0) is 36.7 Å². The standard InChI is InChI=1S/C12H14FN3OS/c1-8(14-6-10-7-18-16-15-10)11-5-9(13)3-4-12(11)17-2/h3-5,7-8,14H,6H2,1-2H3. The summed E-state index contributed by atoms with van der Waals surface area (Å²) in [5.74, 6) is 0.405. The number of benzene rings is 1. The van der Waals surface area contributed by atoms with E-state index in [4.69, 9.17) is 4.74 Å². The van der Waals surface area contributed by atoms with Gasteiger partial charge < -0.3 is 10.1 Å². The summed E-state index contributed by atoms with van der Waals surface area (Å²) in [6.45, 7) is 2.55. The van der Waals surface area contributed by atoms with Crippen LogP contribution in [0.5, 0.6) is 5.75 Å². The fraction of sp³-hybridized carbons (Fsp3) is 0.333. The molecular weight excluding hydrogens is 253 g/mol. The van der Waals surface area contributed by atoms with Gasteiger partial charge >= 0.3 is 0 Å². The van der Waals surface area contributed by atoms with Gasteiger partial charge in [0, 0.05) is 23.5 Å². The predicted octanol–water partition coefficient (Wildman–Crippen LogP) is 2.54. The highest BCUT2D eigenvalue weighted by atomic mass is 32.1. The highest BCUT2D eigenvalue weighted by Gasteiger charge is 2.12. The zero-order valence-corrected chi connectivity index (χ0v) is 11.0. The van der Waals surface area contributed by atoms with Crippen molar-refractivity contribution >= 4 is 11.5 Å². The molecule has 0 fully saturated rings. The van der Waals surface area contributed by atoms with E-state index in [-0.39, 0.29) is 11.9 Å². The fourth-order valence-electron chi connectivity index (χ4n) is 1.67. The van der Waals surface area contributed by atoms with Crippen LogP contribution in [0.3, 0.4) is 0 Å². The minimum atomic E-state index is -0.269. The first-order valence-corrected chi connectivity index (χ1v) is 6.37. The molecule has 0 aliphatic carbocycles. The Morgan fingerprint density at radius 3 is 3.00 bits per heavy atom. The van der Waals surface area contributed by atoms with E-state index < -0.39 is 0 Å². The zero-order valence-electron chi connectivity index (χ0n) is 10.2. The molecule has 0 amide bonds. The van der Waals surface area contributed by atoms with Crippen molar-refractivity contribution < 1.29 is 9.13 Å². The lowest BCUT2D eigenvalue weighted by molar-refractivity contribution is 0.399. The second-order valence-electron chi connectivity index (χ2n) is 3.89. The minimum Gasteiger partial charge on any atom is -0.496 e. The third-order valence-electron chi connectivity index (χ3n) is 2.65. The van der Waals surface area contributed by atoms with Gasteiger partial charge in [-0.1, -0.05) is 4.49 Å². The van der Waals surface area contributed by atoms with Crippen LogP contribution >= 0.6 is 11.5 Å². The molecule has 0 saturated heterocycles. The second-order valence-corrected chi connectivity index (χ2v) is 4.49. The molecule has 0 aliphatic heterocycles. The molecule has 1 aromatic heterocycles. The molecule has 0 radical (unpaired) electrons. The van der Waals surface area contributed by atoms with Gasteiger partial charge in [-0.2, -0.15) is 0 Å². The van der Waals surface area contributed by atoms with E-state index in [0.29, 0.717) is 12.3 Å². The number of rotatable bonds is 5. The van der Waals surface area contributed by atoms with Crippen LogP contribution in [0.1, 0.15) is 24.2 Å². The van der Waals surface area contributed by atoms with E-state index >= 15 is 0 Å². The average Bonchev–Trinajstić information content (AvgIpc) is 2.89. The Kier molecular flexibility index (Phi) is 4.22. The van der Waals surface area contributed by atoms with E-state index in [2.05, 4.69) is 14.9 Å². The number of ether oxygens (including phenoxy) is 1. The van der Waals surface area contributed by atoms with Crippen LogP contribution in [0.25, 0.3) is 0 Å². The van der Waals surface area contributed by atoms with Crippen molar-refractivity contribution in [2.45, 2.75) is 19.5 Å². The van der Waals surface area contributed by atoms with Crippen LogP contribution in [-0.2, 0) is 6.54 Å². The van der Waals surface area contributed by atoms with Gasteiger partial charge in [-0.3, -0.25) is 0 Å². The Hall–Kier alpha value is -1.53. The van der Waals surface area contributed by atoms with E-state index in [0.717, 1.165) is 11.3 Å². The minimum absolute atomic E-state index is 0.0302. The van der Waals surface area contributed by atoms with Crippen molar-refractivity contribution in [1.29, 1.82) is 0 Å². The van der Waals surface area contributed by atoms with Gasteiger partial charge in [-0.15, -0.1) is 5.10 Å². The molecule has 96 valence electrons. The number of nitrogens with one attached hydrogen (secondary N) is 1. The lowest BCUT2D eigenvalue weighted by atomic mass is 10.1. The summed E-state index contributed by atoms with van der Waals surface area (Å²) in [7, 11) is 1.58. The largest absolute Gasteiger partial charge is 0.496 e. The molecule has 0 bridgehead atoms. The van der Waals surface area contributed by atoms with Crippen LogP contribution in [0.4, 0.5) is 4.39 Å². The molecule has 0 spiro atoms. The van der Waals surface area contributed by atoms with Gasteiger partial charge in [0.05, 0.1) is 12.8 Å². The fourth-order valence-corrected chi connectivity index (χ4v) is 2.12. The molecule has 4 nitrogen and oxygen atoms in total. The monoisotopic (exact) mass is 267 g/mol. The predicted molar refractivity (Wildman–Crippen MR) is 68.1 cm³/mol. The molecule has 1 heterocycles. The maximum atomic E-state index is 13.3. The van der Waals surface area contributed by atoms with Crippen LogP contribution in [0.2, 0.25) is 0 Å². The molecule has 1 aromatic carbocycles. The van der Waals surface area contributed by atoms with Crippen LogP contribution < -0.4 is 10.1 Å². The third-order valence-corrected chi connectivity index (χ3v) is 3.21. The first-order chi connectivity index (χ1) is 8.70. The maximum Gasteiger partial charge on any atom is 0.123 e. The van der Waals surface area contributed by atoms with Crippen molar-refractivity contribution in [1.82, 2.24) is 14.9 Å². The van der Waals surface area contributed by atoms with Gasteiger partial charge in [0.2, 0.25) is 0 Å². The molecule has 1 N–H and O–H groups in total. The molecule has 1 unspecified atom stereocenters. The van der Waals surface area contributed by atoms with Gasteiger partial charge in [-0.25, -0.2) is 4.39 Å². The van der Waals surface area contributed by atoms with Gasteiger partial charge in [0.1, 0.15) is 11.6 Å². The highest BCUT2D eigenvalue weighted by molar-refractivity contribution is 7.03. The van der Waals surface area contributed by atoms with Crippen molar-refractivity contribution in [2.75, 3.05) is 7.11 Å². The quantitative estimate of drug-likeness (QED) is 0.904. The molecule has 0 saturated carbocycles. The first kappa shape index (κ1) is 12.9. The Morgan fingerprint density at radius 2 is 2.33 bits per heavy atom. The van der Waals surface area contributed by atoms with Crippen molar-refractivity contribution in [3.63, 3.8) is 0 Å². The molecule has 0 aliphatic rings. The summed E-state index contributed by atoms with van der Waals surface area (Å²) in [5.41, 5.74) is 1.67. The summed E-state index contributed by atoms with van der Waals surface area (Å²) in [5, 5.41) is 9.08. The van der Waals surface area contributed by atoms with Crippen molar-refractivity contribution in [2.24, 2.45) is 0 Å². The van der Waals surface area contributed by atoms with E-state index in [1.807, 2.05) is 12.3 Å². The SMILES string of the molecule is COc1ccc(F)cc1C(C)NCc1csnn1. The molecule has 2 aromatic rings. The smallest absolute Gasteiger partial charge is 0.123 e.